The molecule has 0 bridgehead atoms. The van der Waals surface area contributed by atoms with Crippen LogP contribution in [0.4, 0.5) is 0 Å². The second-order valence-electron chi connectivity index (χ2n) is 7.88. The molecule has 1 aromatic carbocycles. The molecule has 29 heavy (non-hydrogen) atoms. The fourth-order valence-corrected chi connectivity index (χ4v) is 4.55. The number of likely N-dealkylation sites (tertiary alicyclic amines) is 2. The lowest BCUT2D eigenvalue weighted by molar-refractivity contribution is -0.130. The molecule has 6 nitrogen and oxygen atoms in total. The van der Waals surface area contributed by atoms with E-state index >= 15 is 0 Å². The van der Waals surface area contributed by atoms with E-state index in [1.54, 1.807) is 25.1 Å². The van der Waals surface area contributed by atoms with E-state index in [9.17, 15) is 9.59 Å². The summed E-state index contributed by atoms with van der Waals surface area (Å²) in [7, 11) is 0. The molecule has 0 aliphatic carbocycles. The summed E-state index contributed by atoms with van der Waals surface area (Å²) in [5, 5.41) is 0.534. The predicted octanol–water partition coefficient (Wildman–Crippen LogP) is 3.29. The molecule has 0 saturated carbocycles. The number of nitrogens with zero attached hydrogens (tertiary/aromatic N) is 3. The van der Waals surface area contributed by atoms with Crippen LogP contribution in [0.15, 0.2) is 18.2 Å². The Kier molecular flexibility index (Phi) is 7.41. The molecule has 7 heteroatoms. The van der Waals surface area contributed by atoms with Crippen LogP contribution in [0.1, 0.15) is 50.4 Å². The van der Waals surface area contributed by atoms with Crippen molar-refractivity contribution in [2.45, 2.75) is 52.2 Å². The minimum absolute atomic E-state index is 0.000302. The zero-order valence-electron chi connectivity index (χ0n) is 17.7. The van der Waals surface area contributed by atoms with Gasteiger partial charge in [0.05, 0.1) is 5.56 Å². The van der Waals surface area contributed by atoms with Crippen molar-refractivity contribution in [1.82, 2.24) is 14.7 Å². The molecule has 2 saturated heterocycles. The molecule has 2 amide bonds. The van der Waals surface area contributed by atoms with Crippen LogP contribution in [0.2, 0.25) is 5.02 Å². The minimum Gasteiger partial charge on any atom is -0.489 e. The molecule has 160 valence electrons. The Balaban J connectivity index is 1.69. The molecule has 3 rings (SSSR count). The first-order valence-corrected chi connectivity index (χ1v) is 11.1. The summed E-state index contributed by atoms with van der Waals surface area (Å²) in [5.74, 6) is 0.674. The zero-order valence-corrected chi connectivity index (χ0v) is 18.5. The van der Waals surface area contributed by atoms with Crippen LogP contribution >= 0.6 is 11.6 Å². The Morgan fingerprint density at radius 2 is 1.76 bits per heavy atom. The van der Waals surface area contributed by atoms with E-state index in [0.29, 0.717) is 35.5 Å². The summed E-state index contributed by atoms with van der Waals surface area (Å²) in [6.07, 6.45) is 2.53. The van der Waals surface area contributed by atoms with Gasteiger partial charge in [0.1, 0.15) is 11.9 Å². The molecule has 2 aliphatic heterocycles. The molecule has 0 N–H and O–H groups in total. The number of ether oxygens (including phenoxy) is 1. The lowest BCUT2D eigenvalue weighted by Gasteiger charge is -2.32. The van der Waals surface area contributed by atoms with E-state index in [2.05, 4.69) is 18.7 Å². The fourth-order valence-electron chi connectivity index (χ4n) is 4.37. The normalized spacial score (nSPS) is 20.4. The van der Waals surface area contributed by atoms with E-state index in [0.717, 1.165) is 45.4 Å². The van der Waals surface area contributed by atoms with Gasteiger partial charge in [0, 0.05) is 57.0 Å². The van der Waals surface area contributed by atoms with Crippen LogP contribution in [-0.2, 0) is 4.79 Å². The summed E-state index contributed by atoms with van der Waals surface area (Å²) in [4.78, 5) is 31.0. The number of amides is 2. The van der Waals surface area contributed by atoms with Gasteiger partial charge in [-0.15, -0.1) is 0 Å². The number of carbonyl (C=O) groups is 2. The number of likely N-dealkylation sites (N-methyl/N-ethyl adjacent to an activating group) is 1. The number of hydrogen-bond donors (Lipinski definition) is 0. The molecule has 0 aromatic heterocycles. The maximum Gasteiger partial charge on any atom is 0.257 e. The van der Waals surface area contributed by atoms with Gasteiger partial charge >= 0.3 is 0 Å². The monoisotopic (exact) mass is 421 g/mol. The van der Waals surface area contributed by atoms with Crippen LogP contribution in [-0.4, -0.2) is 77.9 Å². The largest absolute Gasteiger partial charge is 0.489 e. The molecule has 2 fully saturated rings. The summed E-state index contributed by atoms with van der Waals surface area (Å²) in [6.45, 7) is 10.8. The number of carbonyl (C=O) groups excluding carboxylic acids is 2. The third-order valence-corrected chi connectivity index (χ3v) is 6.37. The van der Waals surface area contributed by atoms with Crippen LogP contribution in [0, 0.1) is 0 Å². The molecular formula is C22H32ClN3O3. The average Bonchev–Trinajstić information content (AvgIpc) is 3.20. The Morgan fingerprint density at radius 1 is 1.10 bits per heavy atom. The number of piperidine rings is 1. The highest BCUT2D eigenvalue weighted by Crippen LogP contribution is 2.29. The highest BCUT2D eigenvalue weighted by molar-refractivity contribution is 6.31. The third-order valence-electron chi connectivity index (χ3n) is 6.13. The maximum absolute atomic E-state index is 13.3. The number of rotatable bonds is 6. The quantitative estimate of drug-likeness (QED) is 0.707. The van der Waals surface area contributed by atoms with Gasteiger partial charge in [-0.1, -0.05) is 25.4 Å². The Bertz CT molecular complexity index is 730. The van der Waals surface area contributed by atoms with Gasteiger partial charge in [-0.3, -0.25) is 14.5 Å². The lowest BCUT2D eigenvalue weighted by Crippen LogP contribution is -2.41. The van der Waals surface area contributed by atoms with Gasteiger partial charge < -0.3 is 14.5 Å². The van der Waals surface area contributed by atoms with Crippen molar-refractivity contribution >= 4 is 23.4 Å². The maximum atomic E-state index is 13.3. The summed E-state index contributed by atoms with van der Waals surface area (Å²) in [5.41, 5.74) is 0.534. The second kappa shape index (κ2) is 9.81. The first kappa shape index (κ1) is 21.9. The van der Waals surface area contributed by atoms with E-state index in [1.807, 2.05) is 9.80 Å². The molecule has 2 aliphatic rings. The third kappa shape index (κ3) is 5.23. The van der Waals surface area contributed by atoms with Crippen molar-refractivity contribution in [1.29, 1.82) is 0 Å². The van der Waals surface area contributed by atoms with Crippen LogP contribution in [0.3, 0.4) is 0 Å². The van der Waals surface area contributed by atoms with E-state index in [-0.39, 0.29) is 17.9 Å². The van der Waals surface area contributed by atoms with Gasteiger partial charge in [0.15, 0.2) is 0 Å². The van der Waals surface area contributed by atoms with E-state index < -0.39 is 0 Å². The summed E-state index contributed by atoms with van der Waals surface area (Å²) in [6, 6.07) is 5.69. The SMILES string of the molecule is CCN(CC)C1CCN(C(=O)c2cc(Cl)ccc2OC2CCN(C(C)=O)CC2)C1. The zero-order chi connectivity index (χ0) is 21.0. The van der Waals surface area contributed by atoms with Crippen molar-refractivity contribution < 1.29 is 14.3 Å². The highest BCUT2D eigenvalue weighted by atomic mass is 35.5. The number of benzene rings is 1. The lowest BCUT2D eigenvalue weighted by atomic mass is 10.1. The Morgan fingerprint density at radius 3 is 2.38 bits per heavy atom. The highest BCUT2D eigenvalue weighted by Gasteiger charge is 2.31. The van der Waals surface area contributed by atoms with Crippen molar-refractivity contribution in [3.05, 3.63) is 28.8 Å². The van der Waals surface area contributed by atoms with Gasteiger partial charge in [-0.05, 0) is 37.7 Å². The number of hydrogen-bond acceptors (Lipinski definition) is 4. The summed E-state index contributed by atoms with van der Waals surface area (Å²) < 4.78 is 6.21. The van der Waals surface area contributed by atoms with Crippen LogP contribution in [0.25, 0.3) is 0 Å². The molecule has 1 atom stereocenters. The van der Waals surface area contributed by atoms with E-state index in [1.165, 1.54) is 0 Å². The van der Waals surface area contributed by atoms with Gasteiger partial charge in [0.2, 0.25) is 5.91 Å². The molecular weight excluding hydrogens is 390 g/mol. The predicted molar refractivity (Wildman–Crippen MR) is 115 cm³/mol. The second-order valence-corrected chi connectivity index (χ2v) is 8.32. The van der Waals surface area contributed by atoms with E-state index in [4.69, 9.17) is 16.3 Å². The summed E-state index contributed by atoms with van der Waals surface area (Å²) >= 11 is 6.21. The van der Waals surface area contributed by atoms with Crippen LogP contribution < -0.4 is 4.74 Å². The molecule has 0 spiro atoms. The Hall–Kier alpha value is -1.79. The van der Waals surface area contributed by atoms with Crippen molar-refractivity contribution in [2.75, 3.05) is 39.3 Å². The number of halogens is 1. The first-order chi connectivity index (χ1) is 13.9. The minimum atomic E-state index is -0.0154. The molecule has 2 heterocycles. The molecule has 1 aromatic rings. The topological polar surface area (TPSA) is 53.1 Å². The smallest absolute Gasteiger partial charge is 0.257 e. The van der Waals surface area contributed by atoms with Crippen LogP contribution in [0.5, 0.6) is 5.75 Å². The Labute approximate surface area is 178 Å². The molecule has 0 radical (unpaired) electrons. The van der Waals surface area contributed by atoms with Gasteiger partial charge in [-0.25, -0.2) is 0 Å². The fraction of sp³-hybridized carbons (Fsp3) is 0.636. The standard InChI is InChI=1S/C22H32ClN3O3/c1-4-24(5-2)18-8-11-26(15-18)22(28)20-14-17(23)6-7-21(20)29-19-9-12-25(13-10-19)16(3)27/h6-7,14,18-19H,4-5,8-13,15H2,1-3H3. The first-order valence-electron chi connectivity index (χ1n) is 10.7. The van der Waals surface area contributed by atoms with Crippen molar-refractivity contribution in [3.63, 3.8) is 0 Å². The molecule has 1 unspecified atom stereocenters. The van der Waals surface area contributed by atoms with Gasteiger partial charge in [-0.2, -0.15) is 0 Å². The van der Waals surface area contributed by atoms with Crippen molar-refractivity contribution in [2.24, 2.45) is 0 Å². The van der Waals surface area contributed by atoms with Crippen molar-refractivity contribution in [3.8, 4) is 5.75 Å². The average molecular weight is 422 g/mol. The van der Waals surface area contributed by atoms with Gasteiger partial charge in [0.25, 0.3) is 5.91 Å².